The van der Waals surface area contributed by atoms with Crippen LogP contribution in [0.5, 0.6) is 0 Å². The number of hydrogen-bond donors (Lipinski definition) is 6. The molecular formula is C104H90BBr3N6O4. The number of hydrogen-bond acceptors (Lipinski definition) is 9. The van der Waals surface area contributed by atoms with E-state index in [1.165, 1.54) is 114 Å². The Morgan fingerprint density at radius 2 is 0.559 bits per heavy atom. The standard InChI is InChI=1S/C22H14BrNO.C15H10Br2O.4C15H15N.C7H6BNO2/c1-12-8-17-18-9-13(2)21(23)11-20(18)22(25)19(17)10-16(12)14-4-6-15(24-3)7-5-14;1-7-3-9-10-4-8(2)14(17)6-12(10)15(18)11(9)5-13(7)16;4*1-15(2)11-7-3-5-9-13(11)16-14-10-6-4-8-12(14)15;9-5-6-1-3-7(4-2-6)8(10)11/h4-11H,1-2H3;3-6H,1-2H3;4*3-10,16H,1-2H3;1-4,10-11H. The number of carbonyl (C=O) groups is 2. The van der Waals surface area contributed by atoms with Crippen LogP contribution >= 0.6 is 47.8 Å². The van der Waals surface area contributed by atoms with Crippen molar-refractivity contribution in [3.8, 4) is 39.4 Å². The Morgan fingerprint density at radius 3 is 0.797 bits per heavy atom. The monoisotopic (exact) mass is 1730 g/mol. The van der Waals surface area contributed by atoms with E-state index in [0.29, 0.717) is 16.7 Å². The molecule has 0 aromatic heterocycles. The largest absolute Gasteiger partial charge is 0.488 e. The van der Waals surface area contributed by atoms with E-state index in [4.69, 9.17) is 21.9 Å². The average Bonchev–Trinajstić information content (AvgIpc) is 0.988. The highest BCUT2D eigenvalue weighted by Crippen LogP contribution is 2.50. The Bertz CT molecular complexity index is 5700. The van der Waals surface area contributed by atoms with Crippen LogP contribution in [0.1, 0.15) is 160 Å². The summed E-state index contributed by atoms with van der Waals surface area (Å²) < 4.78 is 2.93. The van der Waals surface area contributed by atoms with Gasteiger partial charge in [0.2, 0.25) is 0 Å². The highest BCUT2D eigenvalue weighted by Gasteiger charge is 2.37. The molecule has 4 heterocycles. The Balaban J connectivity index is 0.000000114. The van der Waals surface area contributed by atoms with Gasteiger partial charge >= 0.3 is 7.12 Å². The predicted octanol–water partition coefficient (Wildman–Crippen LogP) is 27.1. The van der Waals surface area contributed by atoms with Crippen LogP contribution in [0.3, 0.4) is 0 Å². The fraction of sp³-hybridized carbons (Fsp3) is 0.154. The van der Waals surface area contributed by atoms with Crippen LogP contribution < -0.4 is 26.7 Å². The van der Waals surface area contributed by atoms with Crippen molar-refractivity contribution in [2.24, 2.45) is 0 Å². The zero-order valence-electron chi connectivity index (χ0n) is 68.0. The molecule has 0 amide bonds. The van der Waals surface area contributed by atoms with Gasteiger partial charge in [-0.05, 0) is 236 Å². The lowest BCUT2D eigenvalue weighted by atomic mass is 9.74. The number of ketones is 2. The molecule has 2 aliphatic carbocycles. The van der Waals surface area contributed by atoms with Crippen molar-refractivity contribution in [2.75, 3.05) is 21.3 Å². The molecule has 14 heteroatoms. The number of aryl methyl sites for hydroxylation is 4. The average molecular weight is 1740 g/mol. The number of nitrogens with zero attached hydrogens (tertiary/aromatic N) is 2. The Morgan fingerprint density at radius 1 is 0.322 bits per heavy atom. The number of rotatable bonds is 2. The fourth-order valence-corrected chi connectivity index (χ4v) is 17.7. The number of nitrogens with one attached hydrogen (secondary N) is 4. The maximum Gasteiger partial charge on any atom is 0.488 e. The van der Waals surface area contributed by atoms with Crippen molar-refractivity contribution in [2.45, 2.75) is 105 Å². The van der Waals surface area contributed by atoms with E-state index in [2.05, 4.69) is 355 Å². The normalized spacial score (nSPS) is 13.9. The third kappa shape index (κ3) is 16.3. The molecule has 10 nitrogen and oxygen atoms in total. The molecular weight excluding hydrogens is 1650 g/mol. The lowest BCUT2D eigenvalue weighted by Crippen LogP contribution is -2.29. The van der Waals surface area contributed by atoms with E-state index in [9.17, 15) is 9.59 Å². The fourth-order valence-electron chi connectivity index (χ4n) is 16.7. The molecule has 20 rings (SSSR count). The van der Waals surface area contributed by atoms with Crippen molar-refractivity contribution < 1.29 is 19.6 Å². The number of benzene rings is 14. The summed E-state index contributed by atoms with van der Waals surface area (Å²) >= 11 is 10.5. The molecule has 0 fully saturated rings. The van der Waals surface area contributed by atoms with E-state index in [0.717, 1.165) is 91.3 Å². The number of fused-ring (bicyclic) bond motifs is 14. The number of halogens is 3. The van der Waals surface area contributed by atoms with Crippen molar-refractivity contribution in [3.63, 3.8) is 0 Å². The summed E-state index contributed by atoms with van der Waals surface area (Å²) in [5, 5.41) is 39.7. The van der Waals surface area contributed by atoms with Crippen molar-refractivity contribution in [1.82, 2.24) is 0 Å². The molecule has 6 N–H and O–H groups in total. The van der Waals surface area contributed by atoms with Gasteiger partial charge in [0.15, 0.2) is 17.3 Å². The molecule has 0 saturated heterocycles. The van der Waals surface area contributed by atoms with Crippen LogP contribution in [0.25, 0.3) is 38.2 Å². The molecule has 4 aliphatic heterocycles. The van der Waals surface area contributed by atoms with Gasteiger partial charge < -0.3 is 31.3 Å². The first-order valence-corrected chi connectivity index (χ1v) is 41.7. The molecule has 0 unspecified atom stereocenters. The topological polar surface area (TPSA) is 151 Å². The van der Waals surface area contributed by atoms with Crippen LogP contribution in [0.15, 0.2) is 305 Å². The summed E-state index contributed by atoms with van der Waals surface area (Å²) in [4.78, 5) is 28.7. The minimum Gasteiger partial charge on any atom is -0.423 e. The summed E-state index contributed by atoms with van der Waals surface area (Å²) in [6.07, 6.45) is 0. The second-order valence-electron chi connectivity index (χ2n) is 32.4. The van der Waals surface area contributed by atoms with Crippen molar-refractivity contribution in [3.05, 3.63) is 411 Å². The summed E-state index contributed by atoms with van der Waals surface area (Å²) in [5.74, 6) is 0.186. The summed E-state index contributed by atoms with van der Waals surface area (Å²) in [5.41, 5.74) is 36.4. The van der Waals surface area contributed by atoms with Crippen LogP contribution in [0.2, 0.25) is 0 Å². The maximum atomic E-state index is 12.9. The Hall–Kier alpha value is -12.0. The maximum absolute atomic E-state index is 12.9. The van der Waals surface area contributed by atoms with E-state index in [-0.39, 0.29) is 33.2 Å². The predicted molar refractivity (Wildman–Crippen MR) is 499 cm³/mol. The first-order chi connectivity index (χ1) is 56.5. The van der Waals surface area contributed by atoms with Crippen molar-refractivity contribution in [1.29, 1.82) is 5.26 Å². The van der Waals surface area contributed by atoms with Crippen LogP contribution in [0.4, 0.5) is 51.2 Å². The minimum absolute atomic E-state index is 0.0738. The van der Waals surface area contributed by atoms with E-state index < -0.39 is 7.12 Å². The summed E-state index contributed by atoms with van der Waals surface area (Å²) in [6, 6.07) is 99.9. The van der Waals surface area contributed by atoms with Crippen LogP contribution in [0, 0.1) is 45.6 Å². The minimum atomic E-state index is -1.46. The quantitative estimate of drug-likeness (QED) is 0.0734. The number of anilines is 8. The van der Waals surface area contributed by atoms with Gasteiger partial charge in [0.05, 0.1) is 18.2 Å². The molecule has 14 aromatic carbocycles. The molecule has 584 valence electrons. The molecule has 0 saturated carbocycles. The molecule has 0 spiro atoms. The smallest absolute Gasteiger partial charge is 0.423 e. The van der Waals surface area contributed by atoms with E-state index in [1.54, 1.807) is 0 Å². The second-order valence-corrected chi connectivity index (χ2v) is 35.0. The third-order valence-electron chi connectivity index (χ3n) is 23.3. The zero-order chi connectivity index (χ0) is 83.7. The number of carbonyl (C=O) groups excluding carboxylic acids is 2. The second kappa shape index (κ2) is 33.9. The highest BCUT2D eigenvalue weighted by atomic mass is 79.9. The Kier molecular flexibility index (Phi) is 23.7. The summed E-state index contributed by atoms with van der Waals surface area (Å²) in [7, 11) is -1.46. The van der Waals surface area contributed by atoms with Gasteiger partial charge in [0, 0.05) is 103 Å². The first kappa shape index (κ1) is 82.5. The van der Waals surface area contributed by atoms with Crippen molar-refractivity contribution >= 4 is 123 Å². The van der Waals surface area contributed by atoms with Gasteiger partial charge in [-0.1, -0.05) is 291 Å². The van der Waals surface area contributed by atoms with E-state index >= 15 is 0 Å². The lowest BCUT2D eigenvalue weighted by Gasteiger charge is -2.35. The number of para-hydroxylation sites is 8. The molecule has 14 aromatic rings. The Labute approximate surface area is 718 Å². The van der Waals surface area contributed by atoms with Gasteiger partial charge in [-0.3, -0.25) is 9.59 Å². The molecule has 0 radical (unpaired) electrons. The zero-order valence-corrected chi connectivity index (χ0v) is 72.8. The van der Waals surface area contributed by atoms with Gasteiger partial charge in [-0.25, -0.2) is 4.85 Å². The molecule has 6 aliphatic rings. The number of nitriles is 1. The molecule has 118 heavy (non-hydrogen) atoms. The molecule has 0 atom stereocenters. The highest BCUT2D eigenvalue weighted by molar-refractivity contribution is 9.11. The SMILES string of the molecule is CC1(C)c2ccccc2Nc2ccccc21.CC1(C)c2ccccc2Nc2ccccc21.CC1(C)c2ccccc2Nc2ccccc21.CC1(C)c2ccccc2Nc2ccccc21.Cc1cc2c(cc1Br)C(=O)c1cc(Br)c(C)cc1-2.N#Cc1ccc(B(O)O)cc1.[C-]#[N+]c1ccc(-c2cc3c(cc2C)-c2cc(C)c(Br)cc2C3=O)cc1. The van der Waals surface area contributed by atoms with Gasteiger partial charge in [0.25, 0.3) is 0 Å². The third-order valence-corrected chi connectivity index (χ3v) is 25.9. The van der Waals surface area contributed by atoms with Crippen LogP contribution in [-0.2, 0) is 21.7 Å². The van der Waals surface area contributed by atoms with E-state index in [1.807, 2.05) is 75.4 Å². The lowest BCUT2D eigenvalue weighted by molar-refractivity contribution is 0.103. The van der Waals surface area contributed by atoms with Gasteiger partial charge in [-0.15, -0.1) is 0 Å². The van der Waals surface area contributed by atoms with Crippen LogP contribution in [-0.4, -0.2) is 28.7 Å². The van der Waals surface area contributed by atoms with Gasteiger partial charge in [-0.2, -0.15) is 5.26 Å². The first-order valence-electron chi connectivity index (χ1n) is 39.3. The van der Waals surface area contributed by atoms with Gasteiger partial charge in [0.1, 0.15) is 0 Å². The molecule has 0 bridgehead atoms. The summed E-state index contributed by atoms with van der Waals surface area (Å²) in [6.45, 7) is 33.5.